The van der Waals surface area contributed by atoms with Gasteiger partial charge in [0.15, 0.2) is 5.82 Å². The molecule has 0 N–H and O–H groups in total. The molecule has 0 radical (unpaired) electrons. The van der Waals surface area contributed by atoms with Gasteiger partial charge in [-0.15, -0.1) is 0 Å². The molecule has 6 heteroatoms. The number of carbonyl (C=O) groups excluding carboxylic acids is 1. The molecule has 0 spiro atoms. The Morgan fingerprint density at radius 2 is 1.86 bits per heavy atom. The number of halogens is 2. The van der Waals surface area contributed by atoms with Gasteiger partial charge in [-0.1, -0.05) is 34.8 Å². The van der Waals surface area contributed by atoms with Crippen LogP contribution in [-0.4, -0.2) is 15.3 Å². The van der Waals surface area contributed by atoms with Crippen molar-refractivity contribution in [2.24, 2.45) is 0 Å². The lowest BCUT2D eigenvalue weighted by atomic mass is 10.1. The van der Waals surface area contributed by atoms with E-state index >= 15 is 0 Å². The molecule has 1 aromatic heterocycles. The van der Waals surface area contributed by atoms with Crippen molar-refractivity contribution in [2.45, 2.75) is 6.92 Å². The molecule has 0 bridgehead atoms. The molecule has 0 atom stereocenters. The van der Waals surface area contributed by atoms with Crippen molar-refractivity contribution >= 4 is 39.9 Å². The van der Waals surface area contributed by atoms with Crippen molar-refractivity contribution in [1.82, 2.24) is 9.55 Å². The Morgan fingerprint density at radius 1 is 1.09 bits per heavy atom. The highest BCUT2D eigenvalue weighted by Gasteiger charge is 2.30. The summed E-state index contributed by atoms with van der Waals surface area (Å²) in [4.78, 5) is 29.6. The number of hydrogen-bond acceptors (Lipinski definition) is 3. The first-order chi connectivity index (χ1) is 10.5. The average molecular weight is 331 g/mol. The van der Waals surface area contributed by atoms with E-state index in [0.29, 0.717) is 21.8 Å². The average Bonchev–Trinajstić information content (AvgIpc) is 2.71. The topological polar surface area (TPSA) is 52.0 Å². The lowest BCUT2D eigenvalue weighted by molar-refractivity contribution is 0.103. The predicted molar refractivity (Wildman–Crippen MR) is 85.5 cm³/mol. The summed E-state index contributed by atoms with van der Waals surface area (Å²) >= 11 is 12.1. The Bertz CT molecular complexity index is 1050. The second kappa shape index (κ2) is 4.41. The van der Waals surface area contributed by atoms with Crippen molar-refractivity contribution in [3.8, 4) is 5.69 Å². The fourth-order valence-electron chi connectivity index (χ4n) is 2.75. The predicted octanol–water partition coefficient (Wildman–Crippen LogP) is 3.55. The van der Waals surface area contributed by atoms with Gasteiger partial charge in [0.05, 0.1) is 27.2 Å². The Balaban J connectivity index is 2.20. The fraction of sp³-hybridized carbons (Fsp3) is 0.0625. The van der Waals surface area contributed by atoms with E-state index in [1.165, 1.54) is 16.7 Å². The molecule has 2 aromatic carbocycles. The quantitative estimate of drug-likeness (QED) is 0.495. The maximum absolute atomic E-state index is 12.8. The maximum atomic E-state index is 12.8. The number of nitrogens with zero attached hydrogens (tertiary/aromatic N) is 2. The lowest BCUT2D eigenvalue weighted by Gasteiger charge is -2.07. The van der Waals surface area contributed by atoms with Gasteiger partial charge in [0.2, 0.25) is 5.78 Å². The second-order valence-electron chi connectivity index (χ2n) is 5.21. The standard InChI is InChI=1S/C16H8Cl2N2O2/c1-7-2-3-12-9(4-7)14(21)15-19-11-6-8(17)5-10(18)13(11)16(22)20(12)15/h2-6H,1H3. The van der Waals surface area contributed by atoms with Gasteiger partial charge in [0.25, 0.3) is 5.56 Å². The van der Waals surface area contributed by atoms with E-state index in [-0.39, 0.29) is 27.6 Å². The number of benzene rings is 2. The number of ketones is 1. The normalized spacial score (nSPS) is 12.6. The molecule has 0 fully saturated rings. The van der Waals surface area contributed by atoms with Gasteiger partial charge in [-0.3, -0.25) is 14.2 Å². The molecule has 0 amide bonds. The maximum Gasteiger partial charge on any atom is 0.267 e. The number of aryl methyl sites for hydroxylation is 1. The van der Waals surface area contributed by atoms with Crippen LogP contribution >= 0.6 is 23.2 Å². The molecular weight excluding hydrogens is 323 g/mol. The zero-order valence-corrected chi connectivity index (χ0v) is 12.9. The Hall–Kier alpha value is -2.17. The third kappa shape index (κ3) is 1.68. The molecule has 0 saturated heterocycles. The minimum absolute atomic E-state index is 0.0939. The van der Waals surface area contributed by atoms with Crippen molar-refractivity contribution < 1.29 is 4.79 Å². The summed E-state index contributed by atoms with van der Waals surface area (Å²) in [6.07, 6.45) is 0. The summed E-state index contributed by atoms with van der Waals surface area (Å²) in [5.41, 5.74) is 1.92. The highest BCUT2D eigenvalue weighted by molar-refractivity contribution is 6.38. The molecule has 0 saturated carbocycles. The minimum Gasteiger partial charge on any atom is -0.285 e. The highest BCUT2D eigenvalue weighted by atomic mass is 35.5. The molecule has 4 nitrogen and oxygen atoms in total. The zero-order chi connectivity index (χ0) is 15.6. The molecule has 4 rings (SSSR count). The van der Waals surface area contributed by atoms with E-state index in [0.717, 1.165) is 5.56 Å². The van der Waals surface area contributed by atoms with Crippen LogP contribution in [0.25, 0.3) is 16.6 Å². The number of hydrogen-bond donors (Lipinski definition) is 0. The minimum atomic E-state index is -0.363. The second-order valence-corrected chi connectivity index (χ2v) is 6.05. The van der Waals surface area contributed by atoms with Gasteiger partial charge >= 0.3 is 0 Å². The summed E-state index contributed by atoms with van der Waals surface area (Å²) in [6.45, 7) is 1.89. The number of fused-ring (bicyclic) bond motifs is 4. The Labute approximate surface area is 134 Å². The van der Waals surface area contributed by atoms with Crippen LogP contribution in [0.15, 0.2) is 35.1 Å². The highest BCUT2D eigenvalue weighted by Crippen LogP contribution is 2.30. The summed E-state index contributed by atoms with van der Waals surface area (Å²) in [5, 5.41) is 0.854. The van der Waals surface area contributed by atoms with E-state index in [1.807, 2.05) is 13.0 Å². The van der Waals surface area contributed by atoms with E-state index < -0.39 is 0 Å². The summed E-state index contributed by atoms with van der Waals surface area (Å²) in [5.74, 6) is -0.176. The smallest absolute Gasteiger partial charge is 0.267 e. The van der Waals surface area contributed by atoms with Gasteiger partial charge in [-0.25, -0.2) is 4.98 Å². The lowest BCUT2D eigenvalue weighted by Crippen LogP contribution is -2.21. The van der Waals surface area contributed by atoms with Crippen LogP contribution in [-0.2, 0) is 0 Å². The Morgan fingerprint density at radius 3 is 2.64 bits per heavy atom. The van der Waals surface area contributed by atoms with E-state index in [1.54, 1.807) is 12.1 Å². The van der Waals surface area contributed by atoms with E-state index in [9.17, 15) is 9.59 Å². The van der Waals surface area contributed by atoms with Crippen LogP contribution in [0.1, 0.15) is 21.7 Å². The molecule has 108 valence electrons. The number of rotatable bonds is 0. The first-order valence-electron chi connectivity index (χ1n) is 6.55. The molecule has 1 aliphatic heterocycles. The molecular formula is C16H8Cl2N2O2. The summed E-state index contributed by atoms with van der Waals surface area (Å²) < 4.78 is 1.32. The van der Waals surface area contributed by atoms with E-state index in [2.05, 4.69) is 4.98 Å². The molecule has 0 aliphatic carbocycles. The van der Waals surface area contributed by atoms with Crippen molar-refractivity contribution in [3.63, 3.8) is 0 Å². The molecule has 22 heavy (non-hydrogen) atoms. The SMILES string of the molecule is Cc1ccc2c(c1)C(=O)c1nc3cc(Cl)cc(Cl)c3c(=O)n1-2. The Kier molecular flexibility index (Phi) is 2.71. The van der Waals surface area contributed by atoms with Gasteiger partial charge in [-0.2, -0.15) is 0 Å². The van der Waals surface area contributed by atoms with Crippen molar-refractivity contribution in [1.29, 1.82) is 0 Å². The molecule has 3 aromatic rings. The number of carbonyl (C=O) groups is 1. The van der Waals surface area contributed by atoms with Crippen LogP contribution in [0.5, 0.6) is 0 Å². The van der Waals surface area contributed by atoms with Crippen LogP contribution in [0, 0.1) is 6.92 Å². The van der Waals surface area contributed by atoms with Crippen LogP contribution in [0.4, 0.5) is 0 Å². The van der Waals surface area contributed by atoms with Crippen molar-refractivity contribution in [2.75, 3.05) is 0 Å². The van der Waals surface area contributed by atoms with E-state index in [4.69, 9.17) is 23.2 Å². The largest absolute Gasteiger partial charge is 0.285 e. The van der Waals surface area contributed by atoms with Gasteiger partial charge in [-0.05, 0) is 31.2 Å². The number of aromatic nitrogens is 2. The van der Waals surface area contributed by atoms with Gasteiger partial charge in [0, 0.05) is 5.02 Å². The van der Waals surface area contributed by atoms with Crippen LogP contribution < -0.4 is 5.56 Å². The first kappa shape index (κ1) is 13.5. The van der Waals surface area contributed by atoms with Crippen molar-refractivity contribution in [3.05, 3.63) is 67.7 Å². The molecule has 0 unspecified atom stereocenters. The van der Waals surface area contributed by atoms with Crippen LogP contribution in [0.3, 0.4) is 0 Å². The van der Waals surface area contributed by atoms with Crippen LogP contribution in [0.2, 0.25) is 10.0 Å². The molecule has 2 heterocycles. The third-order valence-corrected chi connectivity index (χ3v) is 4.25. The van der Waals surface area contributed by atoms with Gasteiger partial charge < -0.3 is 0 Å². The molecule has 1 aliphatic rings. The summed E-state index contributed by atoms with van der Waals surface area (Å²) in [7, 11) is 0. The third-order valence-electron chi connectivity index (χ3n) is 3.73. The van der Waals surface area contributed by atoms with Gasteiger partial charge in [0.1, 0.15) is 0 Å². The fourth-order valence-corrected chi connectivity index (χ4v) is 3.32. The zero-order valence-electron chi connectivity index (χ0n) is 11.4. The first-order valence-corrected chi connectivity index (χ1v) is 7.30. The monoisotopic (exact) mass is 330 g/mol. The summed E-state index contributed by atoms with van der Waals surface area (Å²) in [6, 6.07) is 8.38.